The maximum absolute atomic E-state index is 6.12. The number of hydrogen-bond acceptors (Lipinski definition) is 5. The fourth-order valence-corrected chi connectivity index (χ4v) is 4.47. The van der Waals surface area contributed by atoms with E-state index >= 15 is 0 Å². The van der Waals surface area contributed by atoms with Crippen molar-refractivity contribution in [2.75, 3.05) is 29.0 Å². The SMILES string of the molecule is Nc1ccccc1NC1CCN(c2nnc(-c3ccccc3)cc2Cc2ccccc2)CC1. The molecule has 33 heavy (non-hydrogen) atoms. The topological polar surface area (TPSA) is 67.1 Å². The third-order valence-electron chi connectivity index (χ3n) is 6.27. The van der Waals surface area contributed by atoms with E-state index in [-0.39, 0.29) is 0 Å². The Kier molecular flexibility index (Phi) is 6.20. The Morgan fingerprint density at radius 2 is 1.48 bits per heavy atom. The minimum absolute atomic E-state index is 0.403. The van der Waals surface area contributed by atoms with Crippen LogP contribution in [0.4, 0.5) is 17.2 Å². The van der Waals surface area contributed by atoms with Crippen LogP contribution in [0.5, 0.6) is 0 Å². The van der Waals surface area contributed by atoms with E-state index in [2.05, 4.69) is 63.8 Å². The lowest BCUT2D eigenvalue weighted by atomic mass is 10.0. The van der Waals surface area contributed by atoms with E-state index in [1.165, 1.54) is 11.1 Å². The molecular formula is C28H29N5. The van der Waals surface area contributed by atoms with E-state index in [0.29, 0.717) is 6.04 Å². The molecule has 1 saturated heterocycles. The number of nitrogen functional groups attached to an aromatic ring is 1. The Labute approximate surface area is 195 Å². The van der Waals surface area contributed by atoms with E-state index < -0.39 is 0 Å². The second kappa shape index (κ2) is 9.74. The van der Waals surface area contributed by atoms with Crippen LogP contribution >= 0.6 is 0 Å². The van der Waals surface area contributed by atoms with E-state index in [0.717, 1.165) is 60.8 Å². The molecular weight excluding hydrogens is 406 g/mol. The molecule has 0 unspecified atom stereocenters. The van der Waals surface area contributed by atoms with Gasteiger partial charge in [-0.2, -0.15) is 0 Å². The van der Waals surface area contributed by atoms with Crippen LogP contribution in [0, 0.1) is 0 Å². The number of para-hydroxylation sites is 2. The average molecular weight is 436 g/mol. The highest BCUT2D eigenvalue weighted by Gasteiger charge is 2.23. The molecule has 0 saturated carbocycles. The molecule has 0 spiro atoms. The highest BCUT2D eigenvalue weighted by molar-refractivity contribution is 5.66. The maximum Gasteiger partial charge on any atom is 0.154 e. The van der Waals surface area contributed by atoms with E-state index in [1.54, 1.807) is 0 Å². The molecule has 5 nitrogen and oxygen atoms in total. The van der Waals surface area contributed by atoms with Crippen LogP contribution < -0.4 is 16.0 Å². The first kappa shape index (κ1) is 21.0. The Bertz CT molecular complexity index is 1190. The molecule has 0 atom stereocenters. The highest BCUT2D eigenvalue weighted by atomic mass is 15.3. The van der Waals surface area contributed by atoms with E-state index in [9.17, 15) is 0 Å². The van der Waals surface area contributed by atoms with Crippen molar-refractivity contribution in [3.05, 3.63) is 102 Å². The monoisotopic (exact) mass is 435 g/mol. The second-order valence-corrected chi connectivity index (χ2v) is 8.60. The number of anilines is 3. The fourth-order valence-electron chi connectivity index (χ4n) is 4.47. The summed E-state index contributed by atoms with van der Waals surface area (Å²) in [4.78, 5) is 2.38. The Morgan fingerprint density at radius 1 is 0.818 bits per heavy atom. The number of rotatable bonds is 6. The average Bonchev–Trinajstić information content (AvgIpc) is 2.87. The standard InChI is InChI=1S/C28H29N5/c29-25-13-7-8-14-26(25)30-24-15-17-33(18-16-24)28-23(19-21-9-3-1-4-10-21)20-27(31-32-28)22-11-5-2-6-12-22/h1-14,20,24,30H,15-19,29H2. The third-order valence-corrected chi connectivity index (χ3v) is 6.27. The molecule has 1 fully saturated rings. The van der Waals surface area contributed by atoms with Crippen molar-refractivity contribution in [2.24, 2.45) is 0 Å². The quantitative estimate of drug-likeness (QED) is 0.397. The minimum Gasteiger partial charge on any atom is -0.397 e. The molecule has 3 aromatic carbocycles. The van der Waals surface area contributed by atoms with Gasteiger partial charge in [-0.1, -0.05) is 72.8 Å². The number of benzene rings is 3. The van der Waals surface area contributed by atoms with E-state index in [1.807, 2.05) is 42.5 Å². The summed E-state index contributed by atoms with van der Waals surface area (Å²) in [6.45, 7) is 1.87. The van der Waals surface area contributed by atoms with E-state index in [4.69, 9.17) is 10.8 Å². The molecule has 2 heterocycles. The first-order valence-corrected chi connectivity index (χ1v) is 11.6. The van der Waals surface area contributed by atoms with Gasteiger partial charge in [0, 0.05) is 36.7 Å². The zero-order chi connectivity index (χ0) is 22.5. The van der Waals surface area contributed by atoms with Gasteiger partial charge in [0.2, 0.25) is 0 Å². The van der Waals surface area contributed by atoms with Crippen LogP contribution in [0.15, 0.2) is 91.0 Å². The van der Waals surface area contributed by atoms with Crippen LogP contribution in [0.2, 0.25) is 0 Å². The van der Waals surface area contributed by atoms with Crippen LogP contribution in [-0.4, -0.2) is 29.3 Å². The first-order chi connectivity index (χ1) is 16.3. The maximum atomic E-state index is 6.12. The van der Waals surface area contributed by atoms with Crippen molar-refractivity contribution in [1.29, 1.82) is 0 Å². The summed E-state index contributed by atoms with van der Waals surface area (Å²) in [5.41, 5.74) is 12.4. The zero-order valence-electron chi connectivity index (χ0n) is 18.7. The van der Waals surface area contributed by atoms with Gasteiger partial charge in [-0.15, -0.1) is 10.2 Å². The number of piperidine rings is 1. The van der Waals surface area contributed by atoms with Gasteiger partial charge in [0.1, 0.15) is 0 Å². The minimum atomic E-state index is 0.403. The van der Waals surface area contributed by atoms with Gasteiger partial charge in [0.25, 0.3) is 0 Å². The Hall–Kier alpha value is -3.86. The number of hydrogen-bond donors (Lipinski definition) is 2. The van der Waals surface area contributed by atoms with Crippen molar-refractivity contribution in [3.8, 4) is 11.3 Å². The van der Waals surface area contributed by atoms with Gasteiger partial charge >= 0.3 is 0 Å². The van der Waals surface area contributed by atoms with Gasteiger partial charge < -0.3 is 16.0 Å². The molecule has 166 valence electrons. The summed E-state index contributed by atoms with van der Waals surface area (Å²) in [5.74, 6) is 0.996. The first-order valence-electron chi connectivity index (χ1n) is 11.6. The normalized spacial score (nSPS) is 14.2. The zero-order valence-corrected chi connectivity index (χ0v) is 18.7. The highest BCUT2D eigenvalue weighted by Crippen LogP contribution is 2.29. The Balaban J connectivity index is 1.36. The summed E-state index contributed by atoms with van der Waals surface area (Å²) >= 11 is 0. The lowest BCUT2D eigenvalue weighted by Crippen LogP contribution is -2.40. The molecule has 4 aromatic rings. The molecule has 3 N–H and O–H groups in total. The largest absolute Gasteiger partial charge is 0.397 e. The van der Waals surface area contributed by atoms with Gasteiger partial charge in [-0.25, -0.2) is 0 Å². The summed E-state index contributed by atoms with van der Waals surface area (Å²) in [6.07, 6.45) is 2.90. The summed E-state index contributed by atoms with van der Waals surface area (Å²) in [6, 6.07) is 31.5. The smallest absolute Gasteiger partial charge is 0.154 e. The van der Waals surface area contributed by atoms with Gasteiger partial charge in [0.15, 0.2) is 5.82 Å². The van der Waals surface area contributed by atoms with Gasteiger partial charge in [-0.3, -0.25) is 0 Å². The van der Waals surface area contributed by atoms with Crippen LogP contribution in [0.25, 0.3) is 11.3 Å². The van der Waals surface area contributed by atoms with Crippen molar-refractivity contribution in [2.45, 2.75) is 25.3 Å². The van der Waals surface area contributed by atoms with Crippen LogP contribution in [-0.2, 0) is 6.42 Å². The van der Waals surface area contributed by atoms with Crippen molar-refractivity contribution in [1.82, 2.24) is 10.2 Å². The molecule has 5 rings (SSSR count). The van der Waals surface area contributed by atoms with Crippen molar-refractivity contribution >= 4 is 17.2 Å². The summed E-state index contributed by atoms with van der Waals surface area (Å²) in [5, 5.41) is 13.0. The molecule has 0 amide bonds. The van der Waals surface area contributed by atoms with Gasteiger partial charge in [-0.05, 0) is 36.6 Å². The van der Waals surface area contributed by atoms with Crippen LogP contribution in [0.3, 0.4) is 0 Å². The molecule has 0 radical (unpaired) electrons. The lowest BCUT2D eigenvalue weighted by molar-refractivity contribution is 0.521. The van der Waals surface area contributed by atoms with Crippen molar-refractivity contribution < 1.29 is 0 Å². The number of nitrogens with two attached hydrogens (primary N) is 1. The summed E-state index contributed by atoms with van der Waals surface area (Å²) in [7, 11) is 0. The number of aromatic nitrogens is 2. The lowest BCUT2D eigenvalue weighted by Gasteiger charge is -2.34. The molecule has 5 heteroatoms. The fraction of sp³-hybridized carbons (Fsp3) is 0.214. The Morgan fingerprint density at radius 3 is 2.21 bits per heavy atom. The number of nitrogens with one attached hydrogen (secondary N) is 1. The predicted molar refractivity (Wildman–Crippen MR) is 136 cm³/mol. The summed E-state index contributed by atoms with van der Waals surface area (Å²) < 4.78 is 0. The molecule has 1 aliphatic rings. The van der Waals surface area contributed by atoms with Crippen LogP contribution in [0.1, 0.15) is 24.0 Å². The predicted octanol–water partition coefficient (Wildman–Crippen LogP) is 5.40. The molecule has 1 aromatic heterocycles. The molecule has 1 aliphatic heterocycles. The molecule has 0 aliphatic carbocycles. The second-order valence-electron chi connectivity index (χ2n) is 8.60. The number of nitrogens with zero attached hydrogens (tertiary/aromatic N) is 3. The van der Waals surface area contributed by atoms with Crippen molar-refractivity contribution in [3.63, 3.8) is 0 Å². The molecule has 0 bridgehead atoms. The third kappa shape index (κ3) is 4.98. The van der Waals surface area contributed by atoms with Gasteiger partial charge in [0.05, 0.1) is 17.1 Å².